The number of hydrogen-bond donors (Lipinski definition) is 1. The standard InChI is InChI=1S/C24H19N3O2/c1-28-24-12-19(8-9-26-24)27-13-16-6-7-18-14-25-15-21(20(18)10-16)23-11-17-4-2-3-5-22(17)29-23/h2-12,14-15H,13H2,1H3,(H,26,27). The van der Waals surface area contributed by atoms with Gasteiger partial charge >= 0.3 is 0 Å². The SMILES string of the molecule is COc1cc(NCc2ccc3cncc(-c4cc5ccccc5o4)c3c2)ccn1. The lowest BCUT2D eigenvalue weighted by Crippen LogP contribution is -2.00. The Bertz CT molecular complexity index is 1280. The van der Waals surface area contributed by atoms with Crippen LogP contribution in [0, 0.1) is 0 Å². The molecule has 5 aromatic rings. The predicted octanol–water partition coefficient (Wildman–Crippen LogP) is 5.66. The molecule has 0 amide bonds. The van der Waals surface area contributed by atoms with Crippen molar-refractivity contribution in [3.05, 3.63) is 84.8 Å². The first-order valence-corrected chi connectivity index (χ1v) is 9.40. The van der Waals surface area contributed by atoms with Gasteiger partial charge in [-0.2, -0.15) is 0 Å². The van der Waals surface area contributed by atoms with Gasteiger partial charge in [-0.05, 0) is 35.2 Å². The Hall–Kier alpha value is -3.86. The van der Waals surface area contributed by atoms with Crippen LogP contribution in [0.25, 0.3) is 33.1 Å². The minimum atomic E-state index is 0.590. The van der Waals surface area contributed by atoms with Gasteiger partial charge < -0.3 is 14.5 Å². The number of fused-ring (bicyclic) bond motifs is 2. The molecule has 5 rings (SSSR count). The van der Waals surface area contributed by atoms with Crippen molar-refractivity contribution in [3.8, 4) is 17.2 Å². The molecule has 0 fully saturated rings. The van der Waals surface area contributed by atoms with Crippen LogP contribution in [0.1, 0.15) is 5.56 Å². The van der Waals surface area contributed by atoms with E-state index in [0.717, 1.165) is 44.3 Å². The summed E-state index contributed by atoms with van der Waals surface area (Å²) in [5.41, 5.74) is 4.00. The smallest absolute Gasteiger partial charge is 0.214 e. The number of rotatable bonds is 5. The summed E-state index contributed by atoms with van der Waals surface area (Å²) in [6, 6.07) is 20.3. The zero-order chi connectivity index (χ0) is 19.6. The minimum Gasteiger partial charge on any atom is -0.481 e. The van der Waals surface area contributed by atoms with Crippen molar-refractivity contribution in [3.63, 3.8) is 0 Å². The number of nitrogens with one attached hydrogen (secondary N) is 1. The average Bonchev–Trinajstić information content (AvgIpc) is 3.21. The summed E-state index contributed by atoms with van der Waals surface area (Å²) in [4.78, 5) is 8.54. The van der Waals surface area contributed by atoms with Gasteiger partial charge in [0.1, 0.15) is 11.3 Å². The van der Waals surface area contributed by atoms with E-state index in [1.165, 1.54) is 0 Å². The van der Waals surface area contributed by atoms with Gasteiger partial charge in [0.05, 0.1) is 7.11 Å². The van der Waals surface area contributed by atoms with E-state index in [1.54, 1.807) is 13.3 Å². The Kier molecular flexibility index (Phi) is 4.33. The molecular formula is C24H19N3O2. The Morgan fingerprint density at radius 3 is 2.79 bits per heavy atom. The first kappa shape index (κ1) is 17.3. The molecule has 3 aromatic heterocycles. The molecule has 1 N–H and O–H groups in total. The van der Waals surface area contributed by atoms with Crippen molar-refractivity contribution in [1.82, 2.24) is 9.97 Å². The summed E-state index contributed by atoms with van der Waals surface area (Å²) >= 11 is 0. The van der Waals surface area contributed by atoms with Crippen LogP contribution in [0.15, 0.2) is 83.7 Å². The van der Waals surface area contributed by atoms with Gasteiger partial charge in [0.2, 0.25) is 5.88 Å². The molecule has 0 aliphatic rings. The third-order valence-electron chi connectivity index (χ3n) is 4.96. The maximum absolute atomic E-state index is 6.08. The van der Waals surface area contributed by atoms with Crippen LogP contribution in [-0.4, -0.2) is 17.1 Å². The monoisotopic (exact) mass is 381 g/mol. The molecule has 0 saturated heterocycles. The molecule has 5 nitrogen and oxygen atoms in total. The number of benzene rings is 2. The Labute approximate surface area is 168 Å². The fourth-order valence-corrected chi connectivity index (χ4v) is 3.47. The Morgan fingerprint density at radius 1 is 0.966 bits per heavy atom. The topological polar surface area (TPSA) is 60.2 Å². The van der Waals surface area contributed by atoms with Crippen molar-refractivity contribution in [2.24, 2.45) is 0 Å². The first-order chi connectivity index (χ1) is 14.3. The molecule has 2 aromatic carbocycles. The van der Waals surface area contributed by atoms with Crippen molar-refractivity contribution in [1.29, 1.82) is 0 Å². The lowest BCUT2D eigenvalue weighted by atomic mass is 10.0. The van der Waals surface area contributed by atoms with E-state index < -0.39 is 0 Å². The van der Waals surface area contributed by atoms with Crippen LogP contribution in [0.2, 0.25) is 0 Å². The maximum atomic E-state index is 6.08. The van der Waals surface area contributed by atoms with Crippen molar-refractivity contribution >= 4 is 27.4 Å². The number of para-hydroxylation sites is 1. The van der Waals surface area contributed by atoms with E-state index in [9.17, 15) is 0 Å². The lowest BCUT2D eigenvalue weighted by molar-refractivity contribution is 0.398. The highest BCUT2D eigenvalue weighted by Crippen LogP contribution is 2.32. The number of hydrogen-bond acceptors (Lipinski definition) is 5. The molecule has 0 aliphatic heterocycles. The van der Waals surface area contributed by atoms with Crippen molar-refractivity contribution in [2.75, 3.05) is 12.4 Å². The number of anilines is 1. The molecule has 0 spiro atoms. The quantitative estimate of drug-likeness (QED) is 0.425. The molecule has 0 bridgehead atoms. The zero-order valence-electron chi connectivity index (χ0n) is 15.9. The fourth-order valence-electron chi connectivity index (χ4n) is 3.47. The van der Waals surface area contributed by atoms with Crippen molar-refractivity contribution < 1.29 is 9.15 Å². The summed E-state index contributed by atoms with van der Waals surface area (Å²) < 4.78 is 11.3. The largest absolute Gasteiger partial charge is 0.481 e. The Balaban J connectivity index is 1.49. The number of nitrogens with zero attached hydrogens (tertiary/aromatic N) is 2. The summed E-state index contributed by atoms with van der Waals surface area (Å²) in [5.74, 6) is 1.42. The summed E-state index contributed by atoms with van der Waals surface area (Å²) in [6.45, 7) is 0.686. The van der Waals surface area contributed by atoms with E-state index in [4.69, 9.17) is 9.15 Å². The normalized spacial score (nSPS) is 11.1. The van der Waals surface area contributed by atoms with E-state index >= 15 is 0 Å². The molecule has 0 radical (unpaired) electrons. The van der Waals surface area contributed by atoms with Gasteiger partial charge in [-0.15, -0.1) is 0 Å². The van der Waals surface area contributed by atoms with E-state index in [1.807, 2.05) is 42.7 Å². The molecule has 5 heteroatoms. The summed E-state index contributed by atoms with van der Waals surface area (Å²) in [7, 11) is 1.61. The Morgan fingerprint density at radius 2 is 1.90 bits per heavy atom. The molecule has 0 aliphatic carbocycles. The van der Waals surface area contributed by atoms with Crippen LogP contribution in [0.4, 0.5) is 5.69 Å². The van der Waals surface area contributed by atoms with Gasteiger partial charge in [-0.3, -0.25) is 4.98 Å². The van der Waals surface area contributed by atoms with Gasteiger partial charge in [0.25, 0.3) is 0 Å². The molecule has 29 heavy (non-hydrogen) atoms. The third-order valence-corrected chi connectivity index (χ3v) is 4.96. The summed E-state index contributed by atoms with van der Waals surface area (Å²) in [6.07, 6.45) is 5.48. The fraction of sp³-hybridized carbons (Fsp3) is 0.0833. The predicted molar refractivity (Wildman–Crippen MR) is 115 cm³/mol. The molecule has 142 valence electrons. The van der Waals surface area contributed by atoms with Crippen LogP contribution in [0.3, 0.4) is 0 Å². The van der Waals surface area contributed by atoms with Crippen LogP contribution in [0.5, 0.6) is 5.88 Å². The first-order valence-electron chi connectivity index (χ1n) is 9.40. The molecule has 0 unspecified atom stereocenters. The highest BCUT2D eigenvalue weighted by Gasteiger charge is 2.11. The van der Waals surface area contributed by atoms with Gasteiger partial charge in [0, 0.05) is 53.2 Å². The van der Waals surface area contributed by atoms with Crippen LogP contribution in [-0.2, 0) is 6.54 Å². The number of furan rings is 1. The zero-order valence-corrected chi connectivity index (χ0v) is 15.9. The molecule has 0 saturated carbocycles. The van der Waals surface area contributed by atoms with Crippen LogP contribution < -0.4 is 10.1 Å². The van der Waals surface area contributed by atoms with Crippen molar-refractivity contribution in [2.45, 2.75) is 6.54 Å². The maximum Gasteiger partial charge on any atom is 0.214 e. The summed E-state index contributed by atoms with van der Waals surface area (Å²) in [5, 5.41) is 6.71. The second kappa shape index (κ2) is 7.28. The van der Waals surface area contributed by atoms with E-state index in [-0.39, 0.29) is 0 Å². The molecule has 0 atom stereocenters. The number of methoxy groups -OCH3 is 1. The number of pyridine rings is 2. The second-order valence-electron chi connectivity index (χ2n) is 6.83. The van der Waals surface area contributed by atoms with Gasteiger partial charge in [-0.1, -0.05) is 30.3 Å². The highest BCUT2D eigenvalue weighted by molar-refractivity contribution is 5.97. The lowest BCUT2D eigenvalue weighted by Gasteiger charge is -2.10. The molecule has 3 heterocycles. The van der Waals surface area contributed by atoms with Gasteiger partial charge in [0.15, 0.2) is 0 Å². The second-order valence-corrected chi connectivity index (χ2v) is 6.83. The van der Waals surface area contributed by atoms with Crippen LogP contribution >= 0.6 is 0 Å². The average molecular weight is 381 g/mol. The minimum absolute atomic E-state index is 0.590. The number of aromatic nitrogens is 2. The molecular weight excluding hydrogens is 362 g/mol. The van der Waals surface area contributed by atoms with E-state index in [0.29, 0.717) is 12.4 Å². The number of ether oxygens (including phenoxy) is 1. The van der Waals surface area contributed by atoms with Gasteiger partial charge in [-0.25, -0.2) is 4.98 Å². The van der Waals surface area contributed by atoms with E-state index in [2.05, 4.69) is 45.6 Å². The highest BCUT2D eigenvalue weighted by atomic mass is 16.5. The third kappa shape index (κ3) is 3.38.